The van der Waals surface area contributed by atoms with Gasteiger partial charge in [-0.2, -0.15) is 0 Å². The van der Waals surface area contributed by atoms with Crippen LogP contribution in [0.3, 0.4) is 0 Å². The average molecular weight is 172 g/mol. The van der Waals surface area contributed by atoms with Crippen molar-refractivity contribution >= 4 is 0 Å². The first-order valence-electron chi connectivity index (χ1n) is 6.34. The maximum atomic E-state index is 1.71. The summed E-state index contributed by atoms with van der Waals surface area (Å²) in [6.45, 7) is 0. The van der Waals surface area contributed by atoms with Crippen LogP contribution in [0, 0.1) is 46.3 Å². The van der Waals surface area contributed by atoms with Crippen LogP contribution in [0.4, 0.5) is 0 Å². The molecule has 0 aliphatic heterocycles. The Bertz CT molecular complexity index is 332. The molecule has 0 nitrogen and oxygen atoms in total. The Labute approximate surface area is 79.1 Å². The van der Waals surface area contributed by atoms with Gasteiger partial charge in [-0.3, -0.25) is 0 Å². The molecule has 11 fully saturated rings. The minimum Gasteiger partial charge on any atom is -0.0460 e. The Hall–Kier alpha value is 0. The van der Waals surface area contributed by atoms with E-state index < -0.39 is 0 Å². The van der Waals surface area contributed by atoms with Crippen LogP contribution in [-0.4, -0.2) is 0 Å². The number of hydrogen-bond acceptors (Lipinski definition) is 0. The number of hydrogen-bond donors (Lipinski definition) is 0. The second-order valence-corrected chi connectivity index (χ2v) is 7.35. The van der Waals surface area contributed by atoms with E-state index in [9.17, 15) is 0 Å². The van der Waals surface area contributed by atoms with Crippen molar-refractivity contribution in [3.8, 4) is 0 Å². The Morgan fingerprint density at radius 3 is 2.62 bits per heavy atom. The van der Waals surface area contributed by atoms with E-state index in [0.29, 0.717) is 0 Å². The molecule has 2 spiro atoms. The van der Waals surface area contributed by atoms with Crippen molar-refractivity contribution < 1.29 is 0 Å². The van der Waals surface area contributed by atoms with Crippen LogP contribution in [0.1, 0.15) is 32.1 Å². The van der Waals surface area contributed by atoms with Crippen LogP contribution in [0.15, 0.2) is 0 Å². The van der Waals surface area contributed by atoms with Crippen LogP contribution in [0.5, 0.6) is 0 Å². The Kier molecular flexibility index (Phi) is 0.527. The third kappa shape index (κ3) is 0.302. The van der Waals surface area contributed by atoms with E-state index in [1.165, 1.54) is 35.5 Å². The standard InChI is InChI=1S/C13H16/c1-9-8-4-13-5-12(9)2-6(10(1)13)7(3-12)11(8)13/h6-11H,1-5H2. The van der Waals surface area contributed by atoms with Crippen LogP contribution in [-0.2, 0) is 0 Å². The predicted molar refractivity (Wildman–Crippen MR) is 48.9 cm³/mol. The Balaban J connectivity index is 1.84. The van der Waals surface area contributed by atoms with Crippen LogP contribution in [0.2, 0.25) is 0 Å². The largest absolute Gasteiger partial charge is 0.0460 e. The van der Waals surface area contributed by atoms with Gasteiger partial charge in [0.05, 0.1) is 0 Å². The first-order chi connectivity index (χ1) is 6.34. The van der Waals surface area contributed by atoms with E-state index in [2.05, 4.69) is 0 Å². The fourth-order valence-electron chi connectivity index (χ4n) is 8.20. The highest BCUT2D eigenvalue weighted by molar-refractivity contribution is 5.35. The molecule has 8 bridgehead atoms. The summed E-state index contributed by atoms with van der Waals surface area (Å²) in [7, 11) is 0. The SMILES string of the molecule is C1C2C3CC45CC26CC(C(C6)C34)C15. The molecular weight excluding hydrogens is 156 g/mol. The summed E-state index contributed by atoms with van der Waals surface area (Å²) in [5.41, 5.74) is 1.95. The summed E-state index contributed by atoms with van der Waals surface area (Å²) in [6, 6.07) is 0. The van der Waals surface area contributed by atoms with Gasteiger partial charge in [0.2, 0.25) is 0 Å². The van der Waals surface area contributed by atoms with Crippen molar-refractivity contribution in [2.24, 2.45) is 46.3 Å². The van der Waals surface area contributed by atoms with Crippen LogP contribution >= 0.6 is 0 Å². The zero-order chi connectivity index (χ0) is 8.00. The quantitative estimate of drug-likeness (QED) is 0.527. The maximum Gasteiger partial charge on any atom is -0.0224 e. The molecule has 0 aromatic rings. The third-order valence-electron chi connectivity index (χ3n) is 7.78. The summed E-state index contributed by atoms with van der Waals surface area (Å²) in [6.07, 6.45) is 8.50. The molecular formula is C13H16. The van der Waals surface area contributed by atoms with E-state index in [1.54, 1.807) is 32.1 Å². The van der Waals surface area contributed by atoms with E-state index >= 15 is 0 Å². The highest BCUT2D eigenvalue weighted by atomic mass is 14.9. The van der Waals surface area contributed by atoms with Gasteiger partial charge in [-0.15, -0.1) is 0 Å². The van der Waals surface area contributed by atoms with Gasteiger partial charge in [-0.25, -0.2) is 0 Å². The molecule has 0 radical (unpaired) electrons. The summed E-state index contributed by atoms with van der Waals surface area (Å²) in [5.74, 6) is 7.55. The molecule has 0 saturated heterocycles. The lowest BCUT2D eigenvalue weighted by Crippen LogP contribution is -2.71. The lowest BCUT2D eigenvalue weighted by molar-refractivity contribution is -0.296. The monoisotopic (exact) mass is 172 g/mol. The normalized spacial score (nSPS) is 88.6. The molecule has 8 atom stereocenters. The molecule has 8 unspecified atom stereocenters. The Morgan fingerprint density at radius 1 is 0.846 bits per heavy atom. The van der Waals surface area contributed by atoms with Crippen molar-refractivity contribution in [1.82, 2.24) is 0 Å². The molecule has 11 rings (SSSR count). The summed E-state index contributed by atoms with van der Waals surface area (Å²) < 4.78 is 0. The van der Waals surface area contributed by atoms with Gasteiger partial charge in [0, 0.05) is 0 Å². The van der Waals surface area contributed by atoms with Gasteiger partial charge < -0.3 is 0 Å². The molecule has 0 heterocycles. The Morgan fingerprint density at radius 2 is 1.77 bits per heavy atom. The minimum absolute atomic E-state index is 0.960. The second kappa shape index (κ2) is 1.19. The third-order valence-corrected chi connectivity index (χ3v) is 7.78. The smallest absolute Gasteiger partial charge is 0.0224 e. The first-order valence-corrected chi connectivity index (χ1v) is 6.34. The maximum absolute atomic E-state index is 1.71. The summed E-state index contributed by atoms with van der Waals surface area (Å²) in [5, 5.41) is 0. The van der Waals surface area contributed by atoms with Crippen LogP contribution < -0.4 is 0 Å². The summed E-state index contributed by atoms with van der Waals surface area (Å²) in [4.78, 5) is 0. The molecule has 0 amide bonds. The van der Waals surface area contributed by atoms with Gasteiger partial charge in [-0.1, -0.05) is 0 Å². The van der Waals surface area contributed by atoms with E-state index in [4.69, 9.17) is 0 Å². The van der Waals surface area contributed by atoms with Gasteiger partial charge in [0.1, 0.15) is 0 Å². The molecule has 0 N–H and O–H groups in total. The minimum atomic E-state index is 0.960. The highest BCUT2D eigenvalue weighted by Gasteiger charge is 2.87. The van der Waals surface area contributed by atoms with Gasteiger partial charge in [0.15, 0.2) is 0 Å². The summed E-state index contributed by atoms with van der Waals surface area (Å²) >= 11 is 0. The van der Waals surface area contributed by atoms with Crippen molar-refractivity contribution in [1.29, 1.82) is 0 Å². The van der Waals surface area contributed by atoms with Crippen molar-refractivity contribution in [3.05, 3.63) is 0 Å². The second-order valence-electron chi connectivity index (χ2n) is 7.35. The molecule has 0 aromatic carbocycles. The molecule has 11 aliphatic rings. The molecule has 11 aliphatic carbocycles. The molecule has 0 heteroatoms. The van der Waals surface area contributed by atoms with E-state index in [0.717, 1.165) is 10.8 Å². The topological polar surface area (TPSA) is 0 Å². The molecule has 68 valence electrons. The van der Waals surface area contributed by atoms with Crippen LogP contribution in [0.25, 0.3) is 0 Å². The fraction of sp³-hybridized carbons (Fsp3) is 1.00. The average Bonchev–Trinajstić information content (AvgIpc) is 2.34. The van der Waals surface area contributed by atoms with E-state index in [1.807, 2.05) is 0 Å². The van der Waals surface area contributed by atoms with E-state index in [-0.39, 0.29) is 0 Å². The molecule has 11 saturated carbocycles. The molecule has 0 aromatic heterocycles. The van der Waals surface area contributed by atoms with Crippen molar-refractivity contribution in [3.63, 3.8) is 0 Å². The van der Waals surface area contributed by atoms with Crippen molar-refractivity contribution in [2.45, 2.75) is 32.1 Å². The van der Waals surface area contributed by atoms with Gasteiger partial charge >= 0.3 is 0 Å². The predicted octanol–water partition coefficient (Wildman–Crippen LogP) is 2.69. The lowest BCUT2D eigenvalue weighted by atomic mass is 9.26. The molecule has 13 heavy (non-hydrogen) atoms. The lowest BCUT2D eigenvalue weighted by Gasteiger charge is -2.78. The number of rotatable bonds is 0. The zero-order valence-corrected chi connectivity index (χ0v) is 8.00. The zero-order valence-electron chi connectivity index (χ0n) is 8.00. The van der Waals surface area contributed by atoms with Gasteiger partial charge in [0.25, 0.3) is 0 Å². The van der Waals surface area contributed by atoms with Gasteiger partial charge in [-0.05, 0) is 78.4 Å². The fourth-order valence-corrected chi connectivity index (χ4v) is 8.20. The van der Waals surface area contributed by atoms with Crippen molar-refractivity contribution in [2.75, 3.05) is 0 Å². The highest BCUT2D eigenvalue weighted by Crippen LogP contribution is 2.94. The first kappa shape index (κ1) is 5.78.